The Balaban J connectivity index is 0.00000450. The third-order valence-electron chi connectivity index (χ3n) is 4.10. The highest BCUT2D eigenvalue weighted by molar-refractivity contribution is 14.0. The third-order valence-corrected chi connectivity index (χ3v) is 4.10. The molecule has 2 rings (SSSR count). The van der Waals surface area contributed by atoms with Crippen molar-refractivity contribution in [3.8, 4) is 11.5 Å². The number of hydrogen-bond donors (Lipinski definition) is 3. The van der Waals surface area contributed by atoms with E-state index in [4.69, 9.17) is 4.74 Å². The molecule has 1 unspecified atom stereocenters. The van der Waals surface area contributed by atoms with Crippen molar-refractivity contribution in [2.75, 3.05) is 26.7 Å². The van der Waals surface area contributed by atoms with Crippen molar-refractivity contribution in [3.05, 3.63) is 59.7 Å². The van der Waals surface area contributed by atoms with Gasteiger partial charge in [-0.15, -0.1) is 24.0 Å². The van der Waals surface area contributed by atoms with Crippen molar-refractivity contribution in [3.63, 3.8) is 0 Å². The molecule has 0 heterocycles. The Hall–Kier alpha value is -2.14. The second-order valence-electron chi connectivity index (χ2n) is 6.21. The summed E-state index contributed by atoms with van der Waals surface area (Å²) in [7, 11) is 1.64. The second kappa shape index (κ2) is 14.0. The van der Waals surface area contributed by atoms with Gasteiger partial charge in [0.15, 0.2) is 5.96 Å². The van der Waals surface area contributed by atoms with E-state index < -0.39 is 12.7 Å². The van der Waals surface area contributed by atoms with Crippen molar-refractivity contribution < 1.29 is 23.4 Å². The molecule has 166 valence electrons. The first-order chi connectivity index (χ1) is 14.0. The Morgan fingerprint density at radius 1 is 1.10 bits per heavy atom. The number of benzene rings is 2. The molecule has 0 aliphatic rings. The number of aliphatic hydroxyl groups is 1. The fraction of sp³-hybridized carbons (Fsp3) is 0.381. The number of methoxy groups -OCH3 is 1. The number of ether oxygens (including phenoxy) is 2. The minimum atomic E-state index is -2.87. The van der Waals surface area contributed by atoms with Crippen molar-refractivity contribution in [2.45, 2.75) is 26.1 Å². The Morgan fingerprint density at radius 3 is 2.47 bits per heavy atom. The number of aliphatic hydroxyl groups excluding tert-OH is 1. The number of rotatable bonds is 10. The van der Waals surface area contributed by atoms with Gasteiger partial charge in [-0.3, -0.25) is 4.99 Å². The van der Waals surface area contributed by atoms with E-state index in [1.807, 2.05) is 31.2 Å². The van der Waals surface area contributed by atoms with Gasteiger partial charge in [-0.05, 0) is 48.7 Å². The van der Waals surface area contributed by atoms with Crippen LogP contribution in [0.2, 0.25) is 0 Å². The molecule has 0 spiro atoms. The lowest BCUT2D eigenvalue weighted by molar-refractivity contribution is -0.0498. The number of guanidine groups is 1. The van der Waals surface area contributed by atoms with Gasteiger partial charge in [0.1, 0.15) is 11.5 Å². The fourth-order valence-electron chi connectivity index (χ4n) is 2.65. The number of nitrogens with one attached hydrogen (secondary N) is 2. The summed E-state index contributed by atoms with van der Waals surface area (Å²) in [5.74, 6) is 1.45. The van der Waals surface area contributed by atoms with Crippen LogP contribution in [0.1, 0.15) is 24.2 Å². The average molecular weight is 535 g/mol. The summed E-state index contributed by atoms with van der Waals surface area (Å²) >= 11 is 0. The molecule has 3 N–H and O–H groups in total. The Bertz CT molecular complexity index is 776. The Kier molecular flexibility index (Phi) is 12.1. The van der Waals surface area contributed by atoms with Crippen LogP contribution in [0.25, 0.3) is 0 Å². The fourth-order valence-corrected chi connectivity index (χ4v) is 2.65. The van der Waals surface area contributed by atoms with E-state index in [-0.39, 0.29) is 36.3 Å². The van der Waals surface area contributed by atoms with Crippen LogP contribution in [0.4, 0.5) is 8.78 Å². The van der Waals surface area contributed by atoms with E-state index in [2.05, 4.69) is 20.4 Å². The van der Waals surface area contributed by atoms with Crippen molar-refractivity contribution in [2.24, 2.45) is 4.99 Å². The lowest BCUT2D eigenvalue weighted by Gasteiger charge is -2.14. The summed E-state index contributed by atoms with van der Waals surface area (Å²) in [6.07, 6.45) is -0.0695. The summed E-state index contributed by atoms with van der Waals surface area (Å²) < 4.78 is 33.9. The quantitative estimate of drug-likeness (QED) is 0.246. The molecule has 0 saturated heterocycles. The molecule has 0 bridgehead atoms. The van der Waals surface area contributed by atoms with E-state index in [1.165, 1.54) is 12.1 Å². The molecule has 0 fully saturated rings. The maximum atomic E-state index is 12.2. The molecule has 2 aromatic carbocycles. The van der Waals surface area contributed by atoms with E-state index in [0.29, 0.717) is 24.6 Å². The normalized spacial score (nSPS) is 12.1. The van der Waals surface area contributed by atoms with Gasteiger partial charge in [0.05, 0.1) is 19.8 Å². The van der Waals surface area contributed by atoms with Gasteiger partial charge in [0, 0.05) is 13.1 Å². The molecule has 0 aliphatic carbocycles. The second-order valence-corrected chi connectivity index (χ2v) is 6.21. The number of nitrogens with zero attached hydrogens (tertiary/aromatic N) is 1. The number of aliphatic imine (C=N–C) groups is 1. The predicted molar refractivity (Wildman–Crippen MR) is 124 cm³/mol. The molecule has 0 aliphatic heterocycles. The zero-order valence-electron chi connectivity index (χ0n) is 17.0. The monoisotopic (exact) mass is 535 g/mol. The van der Waals surface area contributed by atoms with Crippen LogP contribution in [0.3, 0.4) is 0 Å². The lowest BCUT2D eigenvalue weighted by atomic mass is 10.1. The zero-order chi connectivity index (χ0) is 21.1. The first-order valence-corrected chi connectivity index (χ1v) is 9.39. The molecule has 0 aromatic heterocycles. The summed E-state index contributed by atoms with van der Waals surface area (Å²) in [4.78, 5) is 4.39. The first-order valence-electron chi connectivity index (χ1n) is 9.39. The van der Waals surface area contributed by atoms with Crippen LogP contribution in [0, 0.1) is 0 Å². The smallest absolute Gasteiger partial charge is 0.387 e. The van der Waals surface area contributed by atoms with E-state index in [1.54, 1.807) is 19.2 Å². The molecule has 1 atom stereocenters. The zero-order valence-corrected chi connectivity index (χ0v) is 19.3. The van der Waals surface area contributed by atoms with Crippen molar-refractivity contribution >= 4 is 29.9 Å². The molecule has 0 radical (unpaired) electrons. The molecule has 2 aromatic rings. The highest BCUT2D eigenvalue weighted by Gasteiger charge is 2.09. The minimum absolute atomic E-state index is 0. The molecule has 6 nitrogen and oxygen atoms in total. The summed E-state index contributed by atoms with van der Waals surface area (Å²) in [5.41, 5.74) is 1.71. The topological polar surface area (TPSA) is 75.1 Å². The predicted octanol–water partition coefficient (Wildman–Crippen LogP) is 3.75. The summed E-state index contributed by atoms with van der Waals surface area (Å²) in [6, 6.07) is 13.7. The minimum Gasteiger partial charge on any atom is -0.497 e. The largest absolute Gasteiger partial charge is 0.497 e. The highest BCUT2D eigenvalue weighted by atomic mass is 127. The van der Waals surface area contributed by atoms with E-state index >= 15 is 0 Å². The van der Waals surface area contributed by atoms with E-state index in [9.17, 15) is 13.9 Å². The molecular formula is C21H28F2IN3O3. The van der Waals surface area contributed by atoms with Crippen LogP contribution in [0.15, 0.2) is 53.5 Å². The van der Waals surface area contributed by atoms with Crippen LogP contribution in [-0.2, 0) is 6.42 Å². The third kappa shape index (κ3) is 9.12. The van der Waals surface area contributed by atoms with Gasteiger partial charge in [0.25, 0.3) is 0 Å². The number of alkyl halides is 2. The van der Waals surface area contributed by atoms with Gasteiger partial charge in [-0.1, -0.05) is 24.3 Å². The maximum absolute atomic E-state index is 12.2. The van der Waals surface area contributed by atoms with Crippen LogP contribution in [0.5, 0.6) is 11.5 Å². The Labute approximate surface area is 192 Å². The summed E-state index contributed by atoms with van der Waals surface area (Å²) in [5, 5.41) is 16.7. The van der Waals surface area contributed by atoms with Crippen LogP contribution < -0.4 is 20.1 Å². The van der Waals surface area contributed by atoms with Gasteiger partial charge in [-0.2, -0.15) is 8.78 Å². The first kappa shape index (κ1) is 25.9. The van der Waals surface area contributed by atoms with Crippen molar-refractivity contribution in [1.82, 2.24) is 10.6 Å². The molecule has 30 heavy (non-hydrogen) atoms. The summed E-state index contributed by atoms with van der Waals surface area (Å²) in [6.45, 7) is 0.553. The Morgan fingerprint density at radius 2 is 1.83 bits per heavy atom. The van der Waals surface area contributed by atoms with Gasteiger partial charge >= 0.3 is 6.61 Å². The van der Waals surface area contributed by atoms with Crippen molar-refractivity contribution in [1.29, 1.82) is 0 Å². The maximum Gasteiger partial charge on any atom is 0.387 e. The van der Waals surface area contributed by atoms with Crippen LogP contribution in [-0.4, -0.2) is 44.4 Å². The van der Waals surface area contributed by atoms with E-state index in [0.717, 1.165) is 17.7 Å². The van der Waals surface area contributed by atoms with Gasteiger partial charge in [-0.25, -0.2) is 0 Å². The molecule has 9 heteroatoms. The van der Waals surface area contributed by atoms with Gasteiger partial charge < -0.3 is 25.2 Å². The molecular weight excluding hydrogens is 507 g/mol. The molecule has 0 amide bonds. The number of hydrogen-bond acceptors (Lipinski definition) is 4. The number of halogens is 3. The molecule has 0 saturated carbocycles. The van der Waals surface area contributed by atoms with Crippen LogP contribution >= 0.6 is 24.0 Å². The SMILES string of the molecule is CCNC(=NCC(O)c1ccc(OC(F)F)cc1)NCCc1cccc(OC)c1.I. The average Bonchev–Trinajstić information content (AvgIpc) is 2.72. The standard InChI is InChI=1S/C21H27F2N3O3.HI/c1-3-24-21(25-12-11-15-5-4-6-18(13-15)28-2)26-14-19(27)16-7-9-17(10-8-16)29-20(22)23;/h4-10,13,19-20,27H,3,11-12,14H2,1-2H3,(H2,24,25,26);1H. The lowest BCUT2D eigenvalue weighted by Crippen LogP contribution is -2.38. The van der Waals surface area contributed by atoms with Gasteiger partial charge in [0.2, 0.25) is 0 Å². The highest BCUT2D eigenvalue weighted by Crippen LogP contribution is 2.19.